The molecule has 108 valence electrons. The molecule has 0 spiro atoms. The third-order valence-electron chi connectivity index (χ3n) is 3.11. The van der Waals surface area contributed by atoms with Crippen molar-refractivity contribution in [1.29, 1.82) is 0 Å². The molecule has 20 heavy (non-hydrogen) atoms. The molecule has 1 aliphatic rings. The smallest absolute Gasteiger partial charge is 0.270 e. The first kappa shape index (κ1) is 14.4. The summed E-state index contributed by atoms with van der Waals surface area (Å²) in [5.74, 6) is -1.46. The van der Waals surface area contributed by atoms with Crippen molar-refractivity contribution >= 4 is 21.7 Å². The summed E-state index contributed by atoms with van der Waals surface area (Å²) in [6, 6.07) is 3.31. The lowest BCUT2D eigenvalue weighted by molar-refractivity contribution is -0.385. The van der Waals surface area contributed by atoms with Crippen LogP contribution in [0.4, 0.5) is 5.69 Å². The molecule has 1 aliphatic heterocycles. The molecule has 8 nitrogen and oxygen atoms in total. The first-order valence-corrected chi connectivity index (χ1v) is 7.25. The second-order valence-corrected chi connectivity index (χ2v) is 6.24. The number of nitro benzene ring substituents is 1. The van der Waals surface area contributed by atoms with Crippen molar-refractivity contribution < 1.29 is 23.2 Å². The predicted octanol–water partition coefficient (Wildman–Crippen LogP) is -0.502. The molecule has 1 heterocycles. The summed E-state index contributed by atoms with van der Waals surface area (Å²) in [6.07, 6.45) is 0.587. The van der Waals surface area contributed by atoms with Crippen molar-refractivity contribution in [3.05, 3.63) is 34.4 Å². The molecule has 0 N–H and O–H groups in total. The Morgan fingerprint density at radius 2 is 2.10 bits per heavy atom. The van der Waals surface area contributed by atoms with Crippen LogP contribution in [0.5, 0.6) is 0 Å². The summed E-state index contributed by atoms with van der Waals surface area (Å²) in [7, 11) is -4.08. The third kappa shape index (κ3) is 2.49. The fourth-order valence-electron chi connectivity index (χ4n) is 2.16. The number of nitro groups is 1. The highest BCUT2D eigenvalue weighted by Gasteiger charge is 2.36. The number of carbonyl (C=O) groups excluding carboxylic acids is 1. The molecule has 1 saturated heterocycles. The lowest BCUT2D eigenvalue weighted by Gasteiger charge is -2.24. The van der Waals surface area contributed by atoms with Crippen molar-refractivity contribution in [1.82, 2.24) is 4.31 Å². The van der Waals surface area contributed by atoms with E-state index in [9.17, 15) is 28.4 Å². The van der Waals surface area contributed by atoms with Crippen molar-refractivity contribution in [2.75, 3.05) is 6.54 Å². The number of aliphatic carboxylic acids is 1. The van der Waals surface area contributed by atoms with E-state index in [2.05, 4.69) is 0 Å². The Bertz CT molecular complexity index is 657. The maximum absolute atomic E-state index is 12.3. The first-order valence-electron chi connectivity index (χ1n) is 5.81. The molecule has 1 atom stereocenters. The monoisotopic (exact) mass is 299 g/mol. The van der Waals surface area contributed by atoms with Gasteiger partial charge in [0.25, 0.3) is 5.69 Å². The van der Waals surface area contributed by atoms with Crippen LogP contribution >= 0.6 is 0 Å². The maximum atomic E-state index is 12.3. The van der Waals surface area contributed by atoms with Gasteiger partial charge in [0.1, 0.15) is 0 Å². The average Bonchev–Trinajstić information content (AvgIpc) is 2.89. The number of hydrogen-bond acceptors (Lipinski definition) is 6. The zero-order valence-electron chi connectivity index (χ0n) is 10.3. The standard InChI is InChI=1S/C11H12N2O6S/c14-11(15)10-5-2-6-12(10)20(18,19)9-4-1-3-8(7-9)13(16)17/h1,3-4,7,10H,2,5-6H2,(H,14,15)/p-1/t10-/m0/s1. The Morgan fingerprint density at radius 3 is 2.70 bits per heavy atom. The fourth-order valence-corrected chi connectivity index (χ4v) is 3.84. The zero-order chi connectivity index (χ0) is 14.9. The van der Waals surface area contributed by atoms with Crippen molar-refractivity contribution in [2.24, 2.45) is 0 Å². The molecule has 0 aliphatic carbocycles. The van der Waals surface area contributed by atoms with Gasteiger partial charge >= 0.3 is 0 Å². The normalized spacial score (nSPS) is 19.9. The number of benzene rings is 1. The number of non-ortho nitro benzene ring substituents is 1. The number of sulfonamides is 1. The highest BCUT2D eigenvalue weighted by Crippen LogP contribution is 2.27. The van der Waals surface area contributed by atoms with Crippen LogP contribution in [0.15, 0.2) is 29.2 Å². The van der Waals surface area contributed by atoms with Gasteiger partial charge in [0.05, 0.1) is 21.8 Å². The molecule has 2 rings (SSSR count). The van der Waals surface area contributed by atoms with Gasteiger partial charge in [-0.1, -0.05) is 6.07 Å². The van der Waals surface area contributed by atoms with Gasteiger partial charge in [-0.15, -0.1) is 0 Å². The number of hydrogen-bond donors (Lipinski definition) is 0. The average molecular weight is 299 g/mol. The number of nitrogens with zero attached hydrogens (tertiary/aromatic N) is 2. The third-order valence-corrected chi connectivity index (χ3v) is 5.01. The van der Waals surface area contributed by atoms with Gasteiger partial charge < -0.3 is 9.90 Å². The van der Waals surface area contributed by atoms with E-state index in [1.165, 1.54) is 18.2 Å². The van der Waals surface area contributed by atoms with Gasteiger partial charge in [0.2, 0.25) is 10.0 Å². The molecule has 1 aromatic carbocycles. The summed E-state index contributed by atoms with van der Waals surface area (Å²) < 4.78 is 25.5. The highest BCUT2D eigenvalue weighted by atomic mass is 32.2. The number of carbonyl (C=O) groups is 1. The van der Waals surface area contributed by atoms with Crippen LogP contribution in [-0.4, -0.2) is 36.2 Å². The van der Waals surface area contributed by atoms with Crippen molar-refractivity contribution in [3.8, 4) is 0 Å². The Kier molecular flexibility index (Phi) is 3.73. The van der Waals surface area contributed by atoms with Gasteiger partial charge in [-0.25, -0.2) is 8.42 Å². The fraction of sp³-hybridized carbons (Fsp3) is 0.364. The number of carboxylic acid groups (broad SMARTS) is 1. The maximum Gasteiger partial charge on any atom is 0.270 e. The van der Waals surface area contributed by atoms with Crippen LogP contribution in [0, 0.1) is 10.1 Å². The minimum atomic E-state index is -4.08. The summed E-state index contributed by atoms with van der Waals surface area (Å²) in [6.45, 7) is 0.0592. The molecule has 1 aromatic rings. The predicted molar refractivity (Wildman–Crippen MR) is 65.0 cm³/mol. The Hall–Kier alpha value is -2.00. The van der Waals surface area contributed by atoms with Crippen LogP contribution in [0.3, 0.4) is 0 Å². The van der Waals surface area contributed by atoms with E-state index in [4.69, 9.17) is 0 Å². The van der Waals surface area contributed by atoms with Crippen molar-refractivity contribution in [2.45, 2.75) is 23.8 Å². The Morgan fingerprint density at radius 1 is 1.40 bits per heavy atom. The van der Waals surface area contributed by atoms with E-state index in [1.807, 2.05) is 0 Å². The Labute approximate surface area is 114 Å². The van der Waals surface area contributed by atoms with Crippen LogP contribution in [0.1, 0.15) is 12.8 Å². The van der Waals surface area contributed by atoms with E-state index < -0.39 is 27.0 Å². The van der Waals surface area contributed by atoms with Crippen LogP contribution in [0.25, 0.3) is 0 Å². The lowest BCUT2D eigenvalue weighted by Crippen LogP contribution is -2.46. The van der Waals surface area contributed by atoms with Gasteiger partial charge in [-0.05, 0) is 18.9 Å². The van der Waals surface area contributed by atoms with E-state index in [-0.39, 0.29) is 23.5 Å². The summed E-state index contributed by atoms with van der Waals surface area (Å²) in [5.41, 5.74) is -0.365. The zero-order valence-corrected chi connectivity index (χ0v) is 11.1. The molecular formula is C11H11N2O6S-. The van der Waals surface area contributed by atoms with E-state index in [0.717, 1.165) is 10.4 Å². The van der Waals surface area contributed by atoms with Gasteiger partial charge in [0.15, 0.2) is 0 Å². The minimum Gasteiger partial charge on any atom is -0.548 e. The SMILES string of the molecule is O=C([O-])[C@@H]1CCCN1S(=O)(=O)c1cccc([N+](=O)[O-])c1. The van der Waals surface area contributed by atoms with Crippen LogP contribution < -0.4 is 5.11 Å². The molecular weight excluding hydrogens is 288 g/mol. The molecule has 0 amide bonds. The van der Waals surface area contributed by atoms with Crippen LogP contribution in [0.2, 0.25) is 0 Å². The number of rotatable bonds is 4. The van der Waals surface area contributed by atoms with E-state index in [0.29, 0.717) is 6.42 Å². The molecule has 0 bridgehead atoms. The first-order chi connectivity index (χ1) is 9.34. The quantitative estimate of drug-likeness (QED) is 0.545. The second kappa shape index (κ2) is 5.17. The molecule has 0 aromatic heterocycles. The lowest BCUT2D eigenvalue weighted by atomic mass is 10.2. The van der Waals surface area contributed by atoms with Gasteiger partial charge in [-0.2, -0.15) is 4.31 Å². The summed E-state index contributed by atoms with van der Waals surface area (Å²) >= 11 is 0. The molecule has 1 fully saturated rings. The van der Waals surface area contributed by atoms with Gasteiger partial charge in [0, 0.05) is 18.7 Å². The largest absolute Gasteiger partial charge is 0.548 e. The second-order valence-electron chi connectivity index (χ2n) is 4.35. The van der Waals surface area contributed by atoms with Crippen LogP contribution in [-0.2, 0) is 14.8 Å². The minimum absolute atomic E-state index is 0.0592. The molecule has 0 saturated carbocycles. The topological polar surface area (TPSA) is 121 Å². The molecule has 0 radical (unpaired) electrons. The van der Waals surface area contributed by atoms with Crippen molar-refractivity contribution in [3.63, 3.8) is 0 Å². The number of carboxylic acids is 1. The molecule has 9 heteroatoms. The highest BCUT2D eigenvalue weighted by molar-refractivity contribution is 7.89. The summed E-state index contributed by atoms with van der Waals surface area (Å²) in [4.78, 5) is 20.6. The Balaban J connectivity index is 2.42. The van der Waals surface area contributed by atoms with E-state index in [1.54, 1.807) is 0 Å². The summed E-state index contributed by atoms with van der Waals surface area (Å²) in [5, 5.41) is 21.6. The van der Waals surface area contributed by atoms with Gasteiger partial charge in [-0.3, -0.25) is 10.1 Å². The van der Waals surface area contributed by atoms with E-state index >= 15 is 0 Å². The molecule has 0 unspecified atom stereocenters.